The van der Waals surface area contributed by atoms with Gasteiger partial charge in [0.1, 0.15) is 0 Å². The molecule has 5 nitrogen and oxygen atoms in total. The topological polar surface area (TPSA) is 78.8 Å². The van der Waals surface area contributed by atoms with Crippen molar-refractivity contribution in [2.45, 2.75) is 19.3 Å². The van der Waals surface area contributed by atoms with Crippen LogP contribution in [-0.4, -0.2) is 42.9 Å². The number of nitrogens with one attached hydrogen (secondary N) is 1. The van der Waals surface area contributed by atoms with Crippen LogP contribution in [0.1, 0.15) is 6.42 Å². The summed E-state index contributed by atoms with van der Waals surface area (Å²) in [7, 11) is 0.533. The molecule has 6 heteroatoms. The normalized spacial score (nSPS) is 12.3. The van der Waals surface area contributed by atoms with E-state index in [4.69, 9.17) is 10.1 Å². The van der Waals surface area contributed by atoms with E-state index in [9.17, 15) is 4.79 Å². The quantitative estimate of drug-likeness (QED) is 0.354. The monoisotopic (exact) mass is 175 g/mol. The molecular formula is C6H14BNO4. The zero-order valence-electron chi connectivity index (χ0n) is 7.28. The Hall–Kier alpha value is -0.585. The van der Waals surface area contributed by atoms with E-state index in [1.807, 2.05) is 0 Å². The molecule has 0 unspecified atom stereocenters. The Balaban J connectivity index is 3.74. The maximum Gasteiger partial charge on any atom is 0.373 e. The van der Waals surface area contributed by atoms with Crippen LogP contribution in [0, 0.1) is 0 Å². The molecule has 12 heavy (non-hydrogen) atoms. The molecule has 0 saturated carbocycles. The summed E-state index contributed by atoms with van der Waals surface area (Å²) in [5.74, 6) is -0.415. The largest absolute Gasteiger partial charge is 0.469 e. The number of methoxy groups -OCH3 is 1. The first-order valence-electron chi connectivity index (χ1n) is 3.72. The van der Waals surface area contributed by atoms with Crippen molar-refractivity contribution in [3.05, 3.63) is 0 Å². The molecule has 0 spiro atoms. The number of hydrogen-bond acceptors (Lipinski definition) is 5. The highest BCUT2D eigenvalue weighted by atomic mass is 16.5. The van der Waals surface area contributed by atoms with Crippen molar-refractivity contribution in [1.29, 1.82) is 0 Å². The molecule has 3 N–H and O–H groups in total. The first kappa shape index (κ1) is 11.4. The van der Waals surface area contributed by atoms with Gasteiger partial charge in [0.05, 0.1) is 20.1 Å². The van der Waals surface area contributed by atoms with Crippen LogP contribution in [0.25, 0.3) is 0 Å². The lowest BCUT2D eigenvalue weighted by molar-refractivity contribution is -0.141. The minimum absolute atomic E-state index is 0.0535. The number of esters is 1. The zero-order chi connectivity index (χ0) is 9.56. The molecule has 0 aliphatic rings. The van der Waals surface area contributed by atoms with Crippen LogP contribution < -0.4 is 5.23 Å². The highest BCUT2D eigenvalue weighted by Crippen LogP contribution is 1.93. The second-order valence-electron chi connectivity index (χ2n) is 2.50. The Kier molecular flexibility index (Phi) is 5.70. The number of carbonyl (C=O) groups excluding carboxylic acids is 1. The van der Waals surface area contributed by atoms with Gasteiger partial charge in [0, 0.05) is 6.04 Å². The van der Waals surface area contributed by atoms with Crippen LogP contribution in [0.4, 0.5) is 0 Å². The van der Waals surface area contributed by atoms with Gasteiger partial charge in [-0.3, -0.25) is 4.79 Å². The fraction of sp³-hybridized carbons (Fsp3) is 0.833. The Morgan fingerprint density at radius 3 is 2.67 bits per heavy atom. The van der Waals surface area contributed by atoms with Gasteiger partial charge in [0.15, 0.2) is 0 Å². The summed E-state index contributed by atoms with van der Waals surface area (Å²) >= 11 is 0. The predicted octanol–water partition coefficient (Wildman–Crippen LogP) is -1.39. The van der Waals surface area contributed by atoms with E-state index in [1.54, 1.807) is 0 Å². The number of carbonyl (C=O) groups is 1. The summed E-state index contributed by atoms with van der Waals surface area (Å²) in [6.45, 7) is 1.31. The summed E-state index contributed by atoms with van der Waals surface area (Å²) in [4.78, 5) is 10.7. The van der Waals surface area contributed by atoms with Gasteiger partial charge in [-0.05, 0) is 6.82 Å². The number of aliphatic hydroxyl groups excluding tert-OH is 1. The molecule has 0 amide bonds. The van der Waals surface area contributed by atoms with E-state index >= 15 is 0 Å². The minimum atomic E-state index is -0.744. The number of ether oxygens (including phenoxy) is 1. The standard InChI is InChI=1S/C6H14BNO4/c1-7(11)8-5(4-9)3-6(10)12-2/h5,8-9,11H,3-4H2,1-2H3/t5-/m0/s1. The number of rotatable bonds is 5. The molecule has 0 saturated heterocycles. The molecule has 0 aliphatic carbocycles. The maximum absolute atomic E-state index is 10.7. The first-order chi connectivity index (χ1) is 5.60. The van der Waals surface area contributed by atoms with Gasteiger partial charge in [-0.15, -0.1) is 0 Å². The second-order valence-corrected chi connectivity index (χ2v) is 2.50. The zero-order valence-corrected chi connectivity index (χ0v) is 7.28. The Morgan fingerprint density at radius 1 is 1.75 bits per heavy atom. The highest BCUT2D eigenvalue weighted by molar-refractivity contribution is 6.45. The highest BCUT2D eigenvalue weighted by Gasteiger charge is 2.16. The Labute approximate surface area is 71.9 Å². The molecule has 0 aromatic rings. The van der Waals surface area contributed by atoms with Crippen LogP contribution >= 0.6 is 0 Å². The predicted molar refractivity (Wildman–Crippen MR) is 44.5 cm³/mol. The van der Waals surface area contributed by atoms with E-state index in [1.165, 1.54) is 13.9 Å². The maximum atomic E-state index is 10.7. The smallest absolute Gasteiger partial charge is 0.373 e. The van der Waals surface area contributed by atoms with Crippen molar-refractivity contribution in [1.82, 2.24) is 5.23 Å². The molecule has 0 fully saturated rings. The molecule has 0 aromatic carbocycles. The summed E-state index contributed by atoms with van der Waals surface area (Å²) in [6.07, 6.45) is 0.0535. The second kappa shape index (κ2) is 5.99. The molecule has 0 heterocycles. The van der Waals surface area contributed by atoms with Crippen molar-refractivity contribution in [2.75, 3.05) is 13.7 Å². The van der Waals surface area contributed by atoms with Gasteiger partial charge in [-0.25, -0.2) is 0 Å². The molecule has 0 radical (unpaired) electrons. The van der Waals surface area contributed by atoms with E-state index < -0.39 is 19.1 Å². The van der Waals surface area contributed by atoms with Crippen molar-refractivity contribution in [2.24, 2.45) is 0 Å². The van der Waals surface area contributed by atoms with Gasteiger partial charge >= 0.3 is 13.0 Å². The first-order valence-corrected chi connectivity index (χ1v) is 3.72. The van der Waals surface area contributed by atoms with Crippen LogP contribution in [0.2, 0.25) is 6.82 Å². The van der Waals surface area contributed by atoms with E-state index in [2.05, 4.69) is 9.96 Å². The fourth-order valence-corrected chi connectivity index (χ4v) is 0.802. The summed E-state index contributed by atoms with van der Waals surface area (Å²) < 4.78 is 4.39. The lowest BCUT2D eigenvalue weighted by atomic mass is 9.87. The Morgan fingerprint density at radius 2 is 2.33 bits per heavy atom. The third kappa shape index (κ3) is 5.12. The molecular weight excluding hydrogens is 161 g/mol. The van der Waals surface area contributed by atoms with Gasteiger partial charge < -0.3 is 20.1 Å². The van der Waals surface area contributed by atoms with Crippen LogP contribution in [0.3, 0.4) is 0 Å². The lowest BCUT2D eigenvalue weighted by Crippen LogP contribution is -2.43. The Bertz CT molecular complexity index is 142. The molecule has 0 bridgehead atoms. The molecule has 0 aliphatic heterocycles. The average Bonchev–Trinajstić information content (AvgIpc) is 2.02. The van der Waals surface area contributed by atoms with Crippen molar-refractivity contribution in [3.8, 4) is 0 Å². The molecule has 0 aromatic heterocycles. The minimum Gasteiger partial charge on any atom is -0.469 e. The molecule has 70 valence electrons. The molecule has 1 atom stereocenters. The van der Waals surface area contributed by atoms with E-state index in [0.29, 0.717) is 0 Å². The summed E-state index contributed by atoms with van der Waals surface area (Å²) in [5.41, 5.74) is 0. The van der Waals surface area contributed by atoms with Crippen molar-refractivity contribution >= 4 is 13.0 Å². The van der Waals surface area contributed by atoms with Crippen LogP contribution in [-0.2, 0) is 9.53 Å². The van der Waals surface area contributed by atoms with Crippen molar-refractivity contribution < 1.29 is 19.7 Å². The number of hydrogen-bond donors (Lipinski definition) is 3. The van der Waals surface area contributed by atoms with Gasteiger partial charge in [0.2, 0.25) is 0 Å². The van der Waals surface area contributed by atoms with E-state index in [0.717, 1.165) is 0 Å². The van der Waals surface area contributed by atoms with Crippen molar-refractivity contribution in [3.63, 3.8) is 0 Å². The summed E-state index contributed by atoms with van der Waals surface area (Å²) in [6, 6.07) is -0.447. The van der Waals surface area contributed by atoms with Crippen LogP contribution in [0.5, 0.6) is 0 Å². The van der Waals surface area contributed by atoms with Crippen LogP contribution in [0.15, 0.2) is 0 Å². The SMILES string of the molecule is COC(=O)C[C@@H](CO)NB(C)O. The lowest BCUT2D eigenvalue weighted by Gasteiger charge is -2.14. The van der Waals surface area contributed by atoms with Gasteiger partial charge in [-0.1, -0.05) is 0 Å². The third-order valence-corrected chi connectivity index (χ3v) is 1.34. The summed E-state index contributed by atoms with van der Waals surface area (Å²) in [5, 5.41) is 20.2. The van der Waals surface area contributed by atoms with E-state index in [-0.39, 0.29) is 13.0 Å². The molecule has 0 rings (SSSR count). The fourth-order valence-electron chi connectivity index (χ4n) is 0.802. The third-order valence-electron chi connectivity index (χ3n) is 1.34. The van der Waals surface area contributed by atoms with Gasteiger partial charge in [0.25, 0.3) is 0 Å². The number of aliphatic hydroxyl groups is 1. The van der Waals surface area contributed by atoms with Gasteiger partial charge in [-0.2, -0.15) is 0 Å². The average molecular weight is 175 g/mol.